The standard InChI is InChI=1S/C17H15N3O3S2/c1-9-6-12(22-2)13(23-3)7-10(9)18-15(21)14-8-11-16(25-14)19-17-20(11)4-5-24-17/h4-8H,1-3H3,(H,18,21). The van der Waals surface area contributed by atoms with Gasteiger partial charge in [-0.25, -0.2) is 4.98 Å². The molecule has 0 saturated heterocycles. The number of fused-ring (bicyclic) bond motifs is 3. The number of anilines is 1. The largest absolute Gasteiger partial charge is 0.493 e. The fraction of sp³-hybridized carbons (Fsp3) is 0.176. The number of ether oxygens (including phenoxy) is 2. The van der Waals surface area contributed by atoms with E-state index in [1.807, 2.05) is 35.0 Å². The van der Waals surface area contributed by atoms with Crippen LogP contribution in [0.5, 0.6) is 11.5 Å². The minimum absolute atomic E-state index is 0.165. The molecule has 0 bridgehead atoms. The van der Waals surface area contributed by atoms with Gasteiger partial charge in [0.15, 0.2) is 16.5 Å². The Bertz CT molecular complexity index is 1090. The van der Waals surface area contributed by atoms with Crippen molar-refractivity contribution in [2.24, 2.45) is 0 Å². The zero-order valence-electron chi connectivity index (χ0n) is 13.8. The van der Waals surface area contributed by atoms with Gasteiger partial charge in [0.05, 0.1) is 24.6 Å². The second kappa shape index (κ2) is 6.05. The molecule has 3 aromatic heterocycles. The summed E-state index contributed by atoms with van der Waals surface area (Å²) in [7, 11) is 3.16. The normalized spacial score (nSPS) is 11.2. The topological polar surface area (TPSA) is 64.9 Å². The van der Waals surface area contributed by atoms with Crippen LogP contribution in [-0.4, -0.2) is 29.5 Å². The smallest absolute Gasteiger partial charge is 0.265 e. The molecule has 8 heteroatoms. The van der Waals surface area contributed by atoms with E-state index in [-0.39, 0.29) is 5.91 Å². The molecule has 4 aromatic rings. The molecule has 0 radical (unpaired) electrons. The number of benzene rings is 1. The number of rotatable bonds is 4. The van der Waals surface area contributed by atoms with Crippen molar-refractivity contribution in [3.05, 3.63) is 40.2 Å². The maximum atomic E-state index is 12.7. The molecular weight excluding hydrogens is 358 g/mol. The van der Waals surface area contributed by atoms with Crippen LogP contribution in [0.1, 0.15) is 15.2 Å². The number of aryl methyl sites for hydroxylation is 1. The number of thiophene rings is 1. The van der Waals surface area contributed by atoms with Crippen LogP contribution in [0.2, 0.25) is 0 Å². The Balaban J connectivity index is 1.66. The molecule has 0 spiro atoms. The van der Waals surface area contributed by atoms with Crippen LogP contribution >= 0.6 is 22.7 Å². The molecule has 0 saturated carbocycles. The van der Waals surface area contributed by atoms with E-state index in [0.717, 1.165) is 20.9 Å². The number of methoxy groups -OCH3 is 2. The molecule has 0 atom stereocenters. The van der Waals surface area contributed by atoms with Crippen molar-refractivity contribution in [2.75, 3.05) is 19.5 Å². The van der Waals surface area contributed by atoms with Crippen molar-refractivity contribution in [2.45, 2.75) is 6.92 Å². The third-order valence-corrected chi connectivity index (χ3v) is 5.72. The number of hydrogen-bond acceptors (Lipinski definition) is 6. The Labute approximate surface area is 151 Å². The highest BCUT2D eigenvalue weighted by molar-refractivity contribution is 7.21. The third kappa shape index (κ3) is 2.63. The molecule has 25 heavy (non-hydrogen) atoms. The molecule has 0 aliphatic rings. The zero-order valence-corrected chi connectivity index (χ0v) is 15.5. The number of nitrogens with zero attached hydrogens (tertiary/aromatic N) is 2. The molecule has 128 valence electrons. The summed E-state index contributed by atoms with van der Waals surface area (Å²) in [6, 6.07) is 5.48. The van der Waals surface area contributed by atoms with E-state index in [9.17, 15) is 4.79 Å². The second-order valence-electron chi connectivity index (χ2n) is 5.44. The van der Waals surface area contributed by atoms with Gasteiger partial charge in [-0.15, -0.1) is 22.7 Å². The van der Waals surface area contributed by atoms with E-state index in [1.54, 1.807) is 31.6 Å². The number of carbonyl (C=O) groups excluding carboxylic acids is 1. The van der Waals surface area contributed by atoms with Gasteiger partial charge in [-0.2, -0.15) is 0 Å². The molecule has 4 rings (SSSR count). The minimum atomic E-state index is -0.165. The molecule has 6 nitrogen and oxygen atoms in total. The predicted molar refractivity (Wildman–Crippen MR) is 101 cm³/mol. The van der Waals surface area contributed by atoms with E-state index >= 15 is 0 Å². The summed E-state index contributed by atoms with van der Waals surface area (Å²) in [5, 5.41) is 4.93. The van der Waals surface area contributed by atoms with Crippen molar-refractivity contribution < 1.29 is 14.3 Å². The number of nitrogens with one attached hydrogen (secondary N) is 1. The lowest BCUT2D eigenvalue weighted by atomic mass is 10.1. The fourth-order valence-electron chi connectivity index (χ4n) is 2.66. The van der Waals surface area contributed by atoms with Crippen LogP contribution in [-0.2, 0) is 0 Å². The van der Waals surface area contributed by atoms with E-state index in [4.69, 9.17) is 9.47 Å². The average Bonchev–Trinajstić information content (AvgIpc) is 3.28. The molecule has 1 N–H and O–H groups in total. The Morgan fingerprint density at radius 1 is 1.20 bits per heavy atom. The predicted octanol–water partition coefficient (Wildman–Crippen LogP) is 4.19. The van der Waals surface area contributed by atoms with E-state index in [0.29, 0.717) is 22.1 Å². The van der Waals surface area contributed by atoms with Gasteiger partial charge in [0.25, 0.3) is 5.91 Å². The first kappa shape index (κ1) is 15.9. The lowest BCUT2D eigenvalue weighted by molar-refractivity contribution is 0.103. The summed E-state index contributed by atoms with van der Waals surface area (Å²) in [6.07, 6.45) is 1.96. The van der Waals surface area contributed by atoms with Crippen LogP contribution in [0.4, 0.5) is 5.69 Å². The number of aromatic nitrogens is 2. The molecule has 0 aliphatic heterocycles. The first-order valence-corrected chi connectivity index (χ1v) is 9.19. The SMILES string of the molecule is COc1cc(C)c(NC(=O)c2cc3c(nc4sccn43)s2)cc1OC. The van der Waals surface area contributed by atoms with Crippen LogP contribution in [0.3, 0.4) is 0 Å². The Morgan fingerprint density at radius 2 is 1.96 bits per heavy atom. The number of hydrogen-bond donors (Lipinski definition) is 1. The van der Waals surface area contributed by atoms with Gasteiger partial charge in [0, 0.05) is 23.3 Å². The highest BCUT2D eigenvalue weighted by Crippen LogP contribution is 2.34. The fourth-order valence-corrected chi connectivity index (χ4v) is 4.35. The molecular formula is C17H15N3O3S2. The maximum absolute atomic E-state index is 12.7. The van der Waals surface area contributed by atoms with Crippen LogP contribution < -0.4 is 14.8 Å². The van der Waals surface area contributed by atoms with Crippen LogP contribution in [0.25, 0.3) is 15.3 Å². The molecule has 0 fully saturated rings. The van der Waals surface area contributed by atoms with Crippen molar-refractivity contribution in [1.29, 1.82) is 0 Å². The van der Waals surface area contributed by atoms with Crippen LogP contribution in [0.15, 0.2) is 29.8 Å². The van der Waals surface area contributed by atoms with Crippen molar-refractivity contribution in [3.63, 3.8) is 0 Å². The summed E-state index contributed by atoms with van der Waals surface area (Å²) in [4.78, 5) is 19.6. The van der Waals surface area contributed by atoms with Gasteiger partial charge in [-0.1, -0.05) is 0 Å². The van der Waals surface area contributed by atoms with Gasteiger partial charge in [0.2, 0.25) is 0 Å². The van der Waals surface area contributed by atoms with Gasteiger partial charge in [-0.05, 0) is 24.6 Å². The molecule has 3 heterocycles. The third-order valence-electron chi connectivity index (χ3n) is 3.94. The van der Waals surface area contributed by atoms with Crippen molar-refractivity contribution in [1.82, 2.24) is 9.38 Å². The number of carbonyl (C=O) groups is 1. The zero-order chi connectivity index (χ0) is 17.6. The summed E-state index contributed by atoms with van der Waals surface area (Å²) in [6.45, 7) is 1.91. The Kier molecular flexibility index (Phi) is 3.85. The van der Waals surface area contributed by atoms with Gasteiger partial charge in [0.1, 0.15) is 4.83 Å². The minimum Gasteiger partial charge on any atom is -0.493 e. The number of amides is 1. The monoisotopic (exact) mass is 373 g/mol. The average molecular weight is 373 g/mol. The first-order valence-electron chi connectivity index (χ1n) is 7.49. The van der Waals surface area contributed by atoms with Gasteiger partial charge < -0.3 is 14.8 Å². The summed E-state index contributed by atoms with van der Waals surface area (Å²) < 4.78 is 12.6. The van der Waals surface area contributed by atoms with E-state index < -0.39 is 0 Å². The highest BCUT2D eigenvalue weighted by atomic mass is 32.1. The van der Waals surface area contributed by atoms with Crippen molar-refractivity contribution >= 4 is 49.6 Å². The molecule has 0 aliphatic carbocycles. The molecule has 1 amide bonds. The molecule has 0 unspecified atom stereocenters. The number of imidazole rings is 1. The Hall–Kier alpha value is -2.58. The quantitative estimate of drug-likeness (QED) is 0.583. The van der Waals surface area contributed by atoms with Crippen molar-refractivity contribution in [3.8, 4) is 11.5 Å². The highest BCUT2D eigenvalue weighted by Gasteiger charge is 2.17. The van der Waals surface area contributed by atoms with Gasteiger partial charge in [-0.3, -0.25) is 9.20 Å². The number of thiazole rings is 1. The summed E-state index contributed by atoms with van der Waals surface area (Å²) in [5.74, 6) is 1.04. The summed E-state index contributed by atoms with van der Waals surface area (Å²) >= 11 is 2.96. The second-order valence-corrected chi connectivity index (χ2v) is 7.35. The maximum Gasteiger partial charge on any atom is 0.265 e. The summed E-state index contributed by atoms with van der Waals surface area (Å²) in [5.41, 5.74) is 2.54. The van der Waals surface area contributed by atoms with Crippen LogP contribution in [0, 0.1) is 6.92 Å². The van der Waals surface area contributed by atoms with E-state index in [2.05, 4.69) is 10.3 Å². The lowest BCUT2D eigenvalue weighted by Crippen LogP contribution is -2.11. The van der Waals surface area contributed by atoms with Gasteiger partial charge >= 0.3 is 0 Å². The Morgan fingerprint density at radius 3 is 2.72 bits per heavy atom. The first-order chi connectivity index (χ1) is 12.1. The lowest BCUT2D eigenvalue weighted by Gasteiger charge is -2.13. The molecule has 1 aromatic carbocycles. The van der Waals surface area contributed by atoms with E-state index in [1.165, 1.54) is 11.3 Å².